The van der Waals surface area contributed by atoms with E-state index in [-0.39, 0.29) is 0 Å². The molecule has 0 aliphatic carbocycles. The van der Waals surface area contributed by atoms with Gasteiger partial charge in [0.2, 0.25) is 0 Å². The maximum Gasteiger partial charge on any atom is 0.296 e. The molecule has 0 aromatic carbocycles. The lowest BCUT2D eigenvalue weighted by atomic mass is 10.7. The van der Waals surface area contributed by atoms with Crippen molar-refractivity contribution in [1.29, 1.82) is 0 Å². The first-order chi connectivity index (χ1) is 2.77. The fourth-order valence-corrected chi connectivity index (χ4v) is 0.0551. The van der Waals surface area contributed by atoms with Gasteiger partial charge in [-0.05, 0) is 0 Å². The molecule has 0 spiro atoms. The third kappa shape index (κ3) is 2.83. The average molecular weight is 85.1 g/mol. The van der Waals surface area contributed by atoms with E-state index in [0.29, 0.717) is 0 Å². The number of amides is 1. The van der Waals surface area contributed by atoms with Crippen molar-refractivity contribution in [2.45, 2.75) is 0 Å². The quantitative estimate of drug-likeness (QED) is 0.363. The normalized spacial score (nSPS) is 5.33. The van der Waals surface area contributed by atoms with E-state index in [1.54, 1.807) is 5.92 Å². The number of carbonyl (C=O) groups is 1. The topological polar surface area (TPSA) is 63.3 Å². The molecule has 3 N–H and O–H groups in total. The van der Waals surface area contributed by atoms with Gasteiger partial charge in [0.1, 0.15) is 6.11 Å². The van der Waals surface area contributed by atoms with Gasteiger partial charge in [0, 0.05) is 5.92 Å². The molecular weight excluding hydrogens is 82.0 g/mol. The second-order valence-electron chi connectivity index (χ2n) is 0.601. The number of aliphatic hydroxyl groups is 1. The number of hydrogen-bond donors (Lipinski definition) is 2. The van der Waals surface area contributed by atoms with Crippen LogP contribution in [0, 0.1) is 12.0 Å². The largest absolute Gasteiger partial charge is 0.462 e. The number of carbonyl (C=O) groups excluding carboxylic acids is 1. The van der Waals surface area contributed by atoms with Crippen LogP contribution in [0.1, 0.15) is 0 Å². The summed E-state index contributed by atoms with van der Waals surface area (Å²) >= 11 is 0. The van der Waals surface area contributed by atoms with Crippen LogP contribution < -0.4 is 5.73 Å². The van der Waals surface area contributed by atoms with Crippen molar-refractivity contribution in [3.63, 3.8) is 0 Å². The maximum atomic E-state index is 9.49. The van der Waals surface area contributed by atoms with Gasteiger partial charge in [0.25, 0.3) is 5.91 Å². The molecule has 6 heavy (non-hydrogen) atoms. The second kappa shape index (κ2) is 2.09. The first-order valence-electron chi connectivity index (χ1n) is 1.22. The Kier molecular flexibility index (Phi) is 1.68. The summed E-state index contributed by atoms with van der Waals surface area (Å²) in [5.41, 5.74) is 4.43. The van der Waals surface area contributed by atoms with E-state index in [1.807, 2.05) is 0 Å². The van der Waals surface area contributed by atoms with Gasteiger partial charge in [-0.1, -0.05) is 0 Å². The molecule has 3 nitrogen and oxygen atoms in total. The van der Waals surface area contributed by atoms with Crippen LogP contribution in [0.2, 0.25) is 0 Å². The van der Waals surface area contributed by atoms with E-state index < -0.39 is 5.91 Å². The molecule has 0 atom stereocenters. The van der Waals surface area contributed by atoms with Crippen molar-refractivity contribution in [3.05, 3.63) is 0 Å². The van der Waals surface area contributed by atoms with Crippen LogP contribution in [0.4, 0.5) is 0 Å². The predicted molar refractivity (Wildman–Crippen MR) is 18.9 cm³/mol. The van der Waals surface area contributed by atoms with Crippen molar-refractivity contribution >= 4 is 5.91 Å². The van der Waals surface area contributed by atoms with E-state index in [2.05, 4.69) is 5.73 Å². The average Bonchev–Trinajstić information content (AvgIpc) is 1.35. The van der Waals surface area contributed by atoms with Gasteiger partial charge in [-0.3, -0.25) is 4.79 Å². The molecule has 3 heteroatoms. The first kappa shape index (κ1) is 4.83. The zero-order valence-corrected chi connectivity index (χ0v) is 2.93. The third-order valence-corrected chi connectivity index (χ3v) is 0.179. The van der Waals surface area contributed by atoms with Crippen LogP contribution in [-0.2, 0) is 4.79 Å². The van der Waals surface area contributed by atoms with Gasteiger partial charge in [-0.15, -0.1) is 0 Å². The Labute approximate surface area is 34.8 Å². The first-order valence-corrected chi connectivity index (χ1v) is 1.22. The van der Waals surface area contributed by atoms with E-state index in [9.17, 15) is 4.79 Å². The number of aliphatic hydroxyl groups excluding tert-OH is 1. The molecule has 0 unspecified atom stereocenters. The molecule has 0 saturated carbocycles. The lowest BCUT2D eigenvalue weighted by molar-refractivity contribution is -0.112. The molecule has 0 fully saturated rings. The van der Waals surface area contributed by atoms with Crippen LogP contribution >= 0.6 is 0 Å². The molecule has 0 rings (SSSR count). The summed E-state index contributed by atoms with van der Waals surface area (Å²) in [6.45, 7) is 0. The molecule has 0 bridgehead atoms. The van der Waals surface area contributed by atoms with Crippen molar-refractivity contribution < 1.29 is 9.90 Å². The van der Waals surface area contributed by atoms with Gasteiger partial charge in [-0.2, -0.15) is 0 Å². The van der Waals surface area contributed by atoms with E-state index in [0.717, 1.165) is 0 Å². The van der Waals surface area contributed by atoms with Crippen molar-refractivity contribution in [1.82, 2.24) is 0 Å². The van der Waals surface area contributed by atoms with Gasteiger partial charge in [0.15, 0.2) is 0 Å². The Balaban J connectivity index is 3.50. The summed E-state index contributed by atoms with van der Waals surface area (Å²) < 4.78 is 0. The van der Waals surface area contributed by atoms with Gasteiger partial charge in [0.05, 0.1) is 0 Å². The highest BCUT2D eigenvalue weighted by Gasteiger charge is 1.74. The van der Waals surface area contributed by atoms with E-state index in [4.69, 9.17) is 5.11 Å². The lowest BCUT2D eigenvalue weighted by Crippen LogP contribution is -2.05. The molecular formula is C3H3NO2. The zero-order chi connectivity index (χ0) is 4.99. The molecule has 0 aliphatic heterocycles. The Bertz CT molecular complexity index is 108. The number of primary amides is 1. The van der Waals surface area contributed by atoms with Gasteiger partial charge >= 0.3 is 0 Å². The van der Waals surface area contributed by atoms with Crippen molar-refractivity contribution in [2.75, 3.05) is 0 Å². The Morgan fingerprint density at radius 1 is 1.83 bits per heavy atom. The summed E-state index contributed by atoms with van der Waals surface area (Å²) in [4.78, 5) is 9.49. The number of rotatable bonds is 0. The smallest absolute Gasteiger partial charge is 0.296 e. The fraction of sp³-hybridized carbons (Fsp3) is 0. The second-order valence-corrected chi connectivity index (χ2v) is 0.601. The summed E-state index contributed by atoms with van der Waals surface area (Å²) in [6, 6.07) is 0. The standard InChI is InChI=1S/C3H3NO2/c4-3(6)1-2-5/h5H,(H2,4,6). The molecule has 0 radical (unpaired) electrons. The minimum absolute atomic E-state index is 0.822. The van der Waals surface area contributed by atoms with E-state index in [1.165, 1.54) is 6.11 Å². The van der Waals surface area contributed by atoms with Gasteiger partial charge < -0.3 is 10.8 Å². The number of nitrogens with two attached hydrogens (primary N) is 1. The minimum atomic E-state index is -0.822. The Hall–Kier alpha value is -1.17. The molecule has 32 valence electrons. The van der Waals surface area contributed by atoms with Gasteiger partial charge in [-0.25, -0.2) is 0 Å². The summed E-state index contributed by atoms with van der Waals surface area (Å²) in [5.74, 6) is 0.831. The minimum Gasteiger partial charge on any atom is -0.462 e. The number of hydrogen-bond acceptors (Lipinski definition) is 2. The Morgan fingerprint density at radius 3 is 2.33 bits per heavy atom. The van der Waals surface area contributed by atoms with Crippen LogP contribution in [0.5, 0.6) is 0 Å². The molecule has 0 aromatic rings. The highest BCUT2D eigenvalue weighted by molar-refractivity contribution is 5.91. The molecule has 0 saturated heterocycles. The van der Waals surface area contributed by atoms with Crippen LogP contribution in [-0.4, -0.2) is 11.0 Å². The summed E-state index contributed by atoms with van der Waals surface area (Å²) in [5, 5.41) is 7.57. The van der Waals surface area contributed by atoms with Crippen LogP contribution in [0.15, 0.2) is 0 Å². The monoisotopic (exact) mass is 85.0 g/mol. The van der Waals surface area contributed by atoms with Crippen LogP contribution in [0.3, 0.4) is 0 Å². The molecule has 1 amide bonds. The molecule has 0 aromatic heterocycles. The Morgan fingerprint density at radius 2 is 2.33 bits per heavy atom. The third-order valence-electron chi connectivity index (χ3n) is 0.179. The molecule has 0 aliphatic rings. The SMILES string of the molecule is NC(=O)C#CO. The van der Waals surface area contributed by atoms with Crippen LogP contribution in [0.25, 0.3) is 0 Å². The fourth-order valence-electron chi connectivity index (χ4n) is 0.0551. The highest BCUT2D eigenvalue weighted by Crippen LogP contribution is 1.43. The van der Waals surface area contributed by atoms with Crippen molar-refractivity contribution in [2.24, 2.45) is 5.73 Å². The maximum absolute atomic E-state index is 9.49. The van der Waals surface area contributed by atoms with Crippen molar-refractivity contribution in [3.8, 4) is 12.0 Å². The summed E-state index contributed by atoms with van der Waals surface area (Å²) in [7, 11) is 0. The van der Waals surface area contributed by atoms with E-state index >= 15 is 0 Å². The highest BCUT2D eigenvalue weighted by atomic mass is 16.2. The molecule has 0 heterocycles. The predicted octanol–water partition coefficient (Wildman–Crippen LogP) is -1.19. The lowest BCUT2D eigenvalue weighted by Gasteiger charge is -1.63. The summed E-state index contributed by atoms with van der Waals surface area (Å²) in [6.07, 6.45) is 1.34. The zero-order valence-electron chi connectivity index (χ0n) is 2.93.